The highest BCUT2D eigenvalue weighted by molar-refractivity contribution is 8.09. The Morgan fingerprint density at radius 3 is 1.52 bits per heavy atom. The predicted octanol–water partition coefficient (Wildman–Crippen LogP) is 8.01. The van der Waals surface area contributed by atoms with Crippen molar-refractivity contribution in [2.24, 2.45) is 5.92 Å². The molecule has 0 saturated carbocycles. The first-order valence-electron chi connectivity index (χ1n) is 12.8. The van der Waals surface area contributed by atoms with Crippen LogP contribution < -0.4 is 0 Å². The van der Waals surface area contributed by atoms with Gasteiger partial charge in [-0.15, -0.1) is 4.67 Å². The molecule has 0 fully saturated rings. The van der Waals surface area contributed by atoms with Crippen LogP contribution in [0.1, 0.15) is 95.4 Å². The van der Waals surface area contributed by atoms with Crippen molar-refractivity contribution in [3.8, 4) is 0 Å². The van der Waals surface area contributed by atoms with E-state index in [4.69, 9.17) is 70.6 Å². The molecule has 3 atom stereocenters. The summed E-state index contributed by atoms with van der Waals surface area (Å²) < 4.78 is 63.5. The second-order valence-electron chi connectivity index (χ2n) is 9.29. The maximum atomic E-state index is 12.7. The fraction of sp³-hybridized carbons (Fsp3) is 1.00. The smallest absolute Gasteiger partial charge is 0.304 e. The largest absolute Gasteiger partial charge is 0.482 e. The van der Waals surface area contributed by atoms with Gasteiger partial charge >= 0.3 is 29.1 Å². The van der Waals surface area contributed by atoms with Crippen LogP contribution in [0.5, 0.6) is 0 Å². The van der Waals surface area contributed by atoms with E-state index < -0.39 is 34.7 Å². The molecular formula is C20H48O14P4S2. The van der Waals surface area contributed by atoms with E-state index in [2.05, 4.69) is 8.99 Å². The van der Waals surface area contributed by atoms with Crippen LogP contribution in [-0.4, -0.2) is 45.6 Å². The summed E-state index contributed by atoms with van der Waals surface area (Å²) in [4.78, 5) is 22.4. The molecule has 0 aliphatic rings. The fourth-order valence-corrected chi connectivity index (χ4v) is 11.4. The molecule has 0 rings (SSSR count). The van der Waals surface area contributed by atoms with Gasteiger partial charge in [0.15, 0.2) is 0 Å². The van der Waals surface area contributed by atoms with Crippen LogP contribution in [0.3, 0.4) is 0 Å². The van der Waals surface area contributed by atoms with Crippen molar-refractivity contribution in [3.05, 3.63) is 0 Å². The second kappa shape index (κ2) is 19.6. The van der Waals surface area contributed by atoms with Gasteiger partial charge in [-0.05, 0) is 91.3 Å². The molecule has 0 heterocycles. The van der Waals surface area contributed by atoms with Gasteiger partial charge < -0.3 is 18.8 Å². The van der Waals surface area contributed by atoms with E-state index in [1.807, 2.05) is 20.8 Å². The number of phosphoric ester groups is 1. The molecule has 20 heteroatoms. The van der Waals surface area contributed by atoms with Crippen molar-refractivity contribution in [1.82, 2.24) is 0 Å². The first-order valence-corrected chi connectivity index (χ1v) is 20.9. The molecule has 0 amide bonds. The molecule has 0 spiro atoms. The Hall–Kier alpha value is 1.28. The van der Waals surface area contributed by atoms with Gasteiger partial charge in [-0.1, -0.05) is 33.6 Å². The minimum Gasteiger partial charge on any atom is -0.304 e. The van der Waals surface area contributed by atoms with Crippen LogP contribution in [0.4, 0.5) is 0 Å². The van der Waals surface area contributed by atoms with Crippen LogP contribution in [0.2, 0.25) is 0 Å². The van der Waals surface area contributed by atoms with Crippen molar-refractivity contribution in [2.45, 2.75) is 119 Å². The van der Waals surface area contributed by atoms with E-state index in [-0.39, 0.29) is 30.8 Å². The quantitative estimate of drug-likeness (QED) is 0.0631. The molecule has 40 heavy (non-hydrogen) atoms. The third-order valence-electron chi connectivity index (χ3n) is 4.66. The molecule has 0 aromatic rings. The third kappa shape index (κ3) is 18.8. The van der Waals surface area contributed by atoms with Gasteiger partial charge in [0.05, 0.1) is 30.5 Å². The summed E-state index contributed by atoms with van der Waals surface area (Å²) in [6, 6.07) is 0. The lowest BCUT2D eigenvalue weighted by Crippen LogP contribution is -2.36. The number of rotatable bonds is 20. The molecule has 0 saturated heterocycles. The Kier molecular flexibility index (Phi) is 21.3. The lowest BCUT2D eigenvalue weighted by atomic mass is 9.83. The van der Waals surface area contributed by atoms with Gasteiger partial charge in [0.2, 0.25) is 0 Å². The molecule has 0 aromatic heterocycles. The average molecular weight is 701 g/mol. The molecule has 0 aliphatic carbocycles. The molecule has 0 radical (unpaired) electrons. The Bertz CT molecular complexity index is 882. The van der Waals surface area contributed by atoms with Gasteiger partial charge in [-0.2, -0.15) is 4.67 Å². The van der Waals surface area contributed by atoms with Crippen molar-refractivity contribution in [2.75, 3.05) is 6.61 Å². The number of phosphoric acid groups is 2. The summed E-state index contributed by atoms with van der Waals surface area (Å²) in [5.41, 5.74) is -0.795. The van der Waals surface area contributed by atoms with Gasteiger partial charge in [0, 0.05) is 0 Å². The summed E-state index contributed by atoms with van der Waals surface area (Å²) in [5.74, 6) is 0.0929. The highest BCUT2D eigenvalue weighted by Crippen LogP contribution is 2.67. The third-order valence-corrected chi connectivity index (χ3v) is 13.1. The van der Waals surface area contributed by atoms with E-state index in [9.17, 15) is 9.13 Å². The lowest BCUT2D eigenvalue weighted by molar-refractivity contribution is -0.212. The van der Waals surface area contributed by atoms with Gasteiger partial charge in [0.1, 0.15) is 0 Å². The molecule has 0 aromatic carbocycles. The number of hydrogen-bond acceptors (Lipinski definition) is 14. The minimum absolute atomic E-state index is 0.0929. The lowest BCUT2D eigenvalue weighted by Gasteiger charge is -2.38. The van der Waals surface area contributed by atoms with Crippen molar-refractivity contribution >= 4 is 52.7 Å². The predicted molar refractivity (Wildman–Crippen MR) is 159 cm³/mol. The first-order chi connectivity index (χ1) is 18.1. The van der Waals surface area contributed by atoms with Gasteiger partial charge in [0.25, 0.3) is 0 Å². The summed E-state index contributed by atoms with van der Waals surface area (Å²) in [6.07, 6.45) is 1.04. The van der Waals surface area contributed by atoms with Crippen molar-refractivity contribution in [3.63, 3.8) is 0 Å². The second-order valence-corrected chi connectivity index (χ2v) is 18.1. The molecule has 14 nitrogen and oxygen atoms in total. The summed E-state index contributed by atoms with van der Waals surface area (Å²) in [6.45, 7) is 12.5. The molecular weight excluding hydrogens is 652 g/mol. The SMILES string of the molecule is CCC(CC)C(C)(CC)OP(=S)(OO)OP(=O)(O)O.CCOOP(=S)(OC(C)C)OP(=O)(OC(C)C)OC(C)C. The normalized spacial score (nSPS) is 17.4. The van der Waals surface area contributed by atoms with E-state index in [0.717, 1.165) is 12.8 Å². The zero-order valence-electron chi connectivity index (χ0n) is 25.1. The zero-order chi connectivity index (χ0) is 32.0. The topological polar surface area (TPSA) is 178 Å². The Morgan fingerprint density at radius 1 is 0.775 bits per heavy atom. The molecule has 3 N–H and O–H groups in total. The average Bonchev–Trinajstić information content (AvgIpc) is 2.75. The first kappa shape index (κ1) is 43.4. The monoisotopic (exact) mass is 700 g/mol. The number of hydrogen-bond donors (Lipinski definition) is 3. The van der Waals surface area contributed by atoms with E-state index >= 15 is 0 Å². The molecule has 0 aliphatic heterocycles. The molecule has 3 unspecified atom stereocenters. The highest BCUT2D eigenvalue weighted by Gasteiger charge is 2.42. The van der Waals surface area contributed by atoms with Crippen LogP contribution in [0, 0.1) is 5.92 Å². The maximum absolute atomic E-state index is 12.7. The van der Waals surface area contributed by atoms with Crippen molar-refractivity contribution < 1.29 is 65.1 Å². The Morgan fingerprint density at radius 2 is 1.23 bits per heavy atom. The maximum Gasteiger partial charge on any atom is 0.482 e. The standard InChI is InChI=1S/C11H26O7P2S.C9H22O7P2S/c1-8-13-17-20(21,16-11(6)7)18-19(12,14-9(2)3)15-10(4)5;1-5-8(6-2)9(4,7-3)14-18(19,15-10)16-17(11,12)13/h9-11H,8H2,1-7H3;8,10H,5-7H2,1-4H3,(H2,11,12,13). The van der Waals surface area contributed by atoms with Crippen LogP contribution in [-0.2, 0) is 73.7 Å². The Balaban J connectivity index is 0. The fourth-order valence-electron chi connectivity index (χ4n) is 3.14. The Labute approximate surface area is 249 Å². The molecule has 0 bridgehead atoms. The van der Waals surface area contributed by atoms with Crippen LogP contribution >= 0.6 is 29.1 Å². The van der Waals surface area contributed by atoms with Crippen molar-refractivity contribution in [1.29, 1.82) is 0 Å². The highest BCUT2D eigenvalue weighted by atomic mass is 32.5. The zero-order valence-corrected chi connectivity index (χ0v) is 30.3. The van der Waals surface area contributed by atoms with Gasteiger partial charge in [-0.3, -0.25) is 9.05 Å². The van der Waals surface area contributed by atoms with E-state index in [1.54, 1.807) is 55.4 Å². The summed E-state index contributed by atoms with van der Waals surface area (Å²) in [7, 11) is -8.85. The van der Waals surface area contributed by atoms with Crippen LogP contribution in [0.15, 0.2) is 0 Å². The summed E-state index contributed by atoms with van der Waals surface area (Å²) >= 11 is 9.97. The van der Waals surface area contributed by atoms with Crippen LogP contribution in [0.25, 0.3) is 0 Å². The minimum atomic E-state index is -4.91. The van der Waals surface area contributed by atoms with E-state index in [1.165, 1.54) is 0 Å². The summed E-state index contributed by atoms with van der Waals surface area (Å²) in [5, 5.41) is 8.79. The molecule has 244 valence electrons. The van der Waals surface area contributed by atoms with Gasteiger partial charge in [-0.25, -0.2) is 27.9 Å². The van der Waals surface area contributed by atoms with E-state index in [0.29, 0.717) is 6.42 Å².